The first kappa shape index (κ1) is 9.68. The van der Waals surface area contributed by atoms with E-state index >= 15 is 0 Å². The van der Waals surface area contributed by atoms with Crippen LogP contribution in [-0.4, -0.2) is 11.1 Å². The van der Waals surface area contributed by atoms with E-state index in [2.05, 4.69) is 15.9 Å². The van der Waals surface area contributed by atoms with Gasteiger partial charge < -0.3 is 5.11 Å². The van der Waals surface area contributed by atoms with Crippen LogP contribution in [-0.2, 0) is 5.33 Å². The summed E-state index contributed by atoms with van der Waals surface area (Å²) in [7, 11) is 0. The summed E-state index contributed by atoms with van der Waals surface area (Å²) in [4.78, 5) is 10.8. The second kappa shape index (κ2) is 3.71. The minimum Gasteiger partial charge on any atom is -0.478 e. The van der Waals surface area contributed by atoms with Crippen molar-refractivity contribution in [3.63, 3.8) is 0 Å². The number of fused-ring (bicyclic) bond motifs is 1. The zero-order valence-electron chi connectivity index (χ0n) is 7.16. The van der Waals surface area contributed by atoms with Gasteiger partial charge in [-0.2, -0.15) is 0 Å². The molecule has 1 heterocycles. The molecule has 0 unspecified atom stereocenters. The SMILES string of the molecule is O=C(O)c1csc2cc(CBr)ccc12. The molecule has 72 valence electrons. The fourth-order valence-corrected chi connectivity index (χ4v) is 2.67. The van der Waals surface area contributed by atoms with Gasteiger partial charge in [-0.05, 0) is 11.6 Å². The number of halogens is 1. The standard InChI is InChI=1S/C10H7BrO2S/c11-4-6-1-2-7-8(10(12)13)5-14-9(7)3-6/h1-3,5H,4H2,(H,12,13). The second-order valence-corrected chi connectivity index (χ2v) is 4.39. The van der Waals surface area contributed by atoms with Crippen molar-refractivity contribution in [3.8, 4) is 0 Å². The molecule has 4 heteroatoms. The van der Waals surface area contributed by atoms with Crippen molar-refractivity contribution in [2.75, 3.05) is 0 Å². The summed E-state index contributed by atoms with van der Waals surface area (Å²) < 4.78 is 1.03. The summed E-state index contributed by atoms with van der Waals surface area (Å²) in [6.45, 7) is 0. The third-order valence-electron chi connectivity index (χ3n) is 2.02. The highest BCUT2D eigenvalue weighted by atomic mass is 79.9. The normalized spacial score (nSPS) is 10.6. The summed E-state index contributed by atoms with van der Waals surface area (Å²) in [5.41, 5.74) is 1.56. The number of aromatic carboxylic acids is 1. The topological polar surface area (TPSA) is 37.3 Å². The van der Waals surface area contributed by atoms with Gasteiger partial charge in [0.15, 0.2) is 0 Å². The Labute approximate surface area is 93.3 Å². The summed E-state index contributed by atoms with van der Waals surface area (Å²) in [6, 6.07) is 5.82. The Morgan fingerprint density at radius 3 is 2.93 bits per heavy atom. The number of carboxylic acids is 1. The van der Waals surface area contributed by atoms with Gasteiger partial charge in [0, 0.05) is 20.8 Å². The third kappa shape index (κ3) is 1.55. The van der Waals surface area contributed by atoms with Crippen molar-refractivity contribution >= 4 is 43.3 Å². The highest BCUT2D eigenvalue weighted by molar-refractivity contribution is 9.08. The fraction of sp³-hybridized carbons (Fsp3) is 0.100. The predicted octanol–water partition coefficient (Wildman–Crippen LogP) is 3.49. The summed E-state index contributed by atoms with van der Waals surface area (Å²) >= 11 is 4.84. The molecule has 1 aromatic carbocycles. The molecule has 1 aromatic heterocycles. The van der Waals surface area contributed by atoms with Crippen molar-refractivity contribution in [1.29, 1.82) is 0 Å². The zero-order valence-corrected chi connectivity index (χ0v) is 9.56. The van der Waals surface area contributed by atoms with Crippen molar-refractivity contribution in [3.05, 3.63) is 34.7 Å². The maximum atomic E-state index is 10.8. The van der Waals surface area contributed by atoms with Gasteiger partial charge in [-0.3, -0.25) is 0 Å². The molecule has 1 N–H and O–H groups in total. The monoisotopic (exact) mass is 270 g/mol. The van der Waals surface area contributed by atoms with E-state index < -0.39 is 5.97 Å². The maximum absolute atomic E-state index is 10.8. The molecule has 2 nitrogen and oxygen atoms in total. The van der Waals surface area contributed by atoms with Crippen LogP contribution >= 0.6 is 27.3 Å². The molecule has 0 aliphatic rings. The molecule has 14 heavy (non-hydrogen) atoms. The van der Waals surface area contributed by atoms with Crippen molar-refractivity contribution < 1.29 is 9.90 Å². The van der Waals surface area contributed by atoms with Crippen LogP contribution in [0, 0.1) is 0 Å². The quantitative estimate of drug-likeness (QED) is 0.849. The van der Waals surface area contributed by atoms with E-state index in [1.165, 1.54) is 11.3 Å². The van der Waals surface area contributed by atoms with Gasteiger partial charge in [0.25, 0.3) is 0 Å². The van der Waals surface area contributed by atoms with Crippen LogP contribution in [0.1, 0.15) is 15.9 Å². The molecule has 0 aliphatic heterocycles. The minimum absolute atomic E-state index is 0.395. The first-order valence-electron chi connectivity index (χ1n) is 4.02. The minimum atomic E-state index is -0.858. The van der Waals surface area contributed by atoms with E-state index in [0.717, 1.165) is 21.0 Å². The molecule has 0 radical (unpaired) electrons. The highest BCUT2D eigenvalue weighted by Gasteiger charge is 2.10. The Bertz CT molecular complexity index is 490. The van der Waals surface area contributed by atoms with Crippen LogP contribution < -0.4 is 0 Å². The third-order valence-corrected chi connectivity index (χ3v) is 3.62. The number of rotatable bonds is 2. The Hall–Kier alpha value is -0.870. The highest BCUT2D eigenvalue weighted by Crippen LogP contribution is 2.27. The number of alkyl halides is 1. The van der Waals surface area contributed by atoms with Gasteiger partial charge in [-0.1, -0.05) is 28.1 Å². The van der Waals surface area contributed by atoms with Crippen LogP contribution in [0.15, 0.2) is 23.6 Å². The fourth-order valence-electron chi connectivity index (χ4n) is 1.32. The smallest absolute Gasteiger partial charge is 0.337 e. The summed E-state index contributed by atoms with van der Waals surface area (Å²) in [5.74, 6) is -0.858. The van der Waals surface area contributed by atoms with Crippen molar-refractivity contribution in [2.24, 2.45) is 0 Å². The molecule has 0 spiro atoms. The Kier molecular flexibility index (Phi) is 2.56. The van der Waals surface area contributed by atoms with Gasteiger partial charge in [0.05, 0.1) is 5.56 Å². The van der Waals surface area contributed by atoms with Crippen molar-refractivity contribution in [2.45, 2.75) is 5.33 Å². The van der Waals surface area contributed by atoms with E-state index in [1.807, 2.05) is 18.2 Å². The Morgan fingerprint density at radius 1 is 1.50 bits per heavy atom. The van der Waals surface area contributed by atoms with Gasteiger partial charge >= 0.3 is 5.97 Å². The van der Waals surface area contributed by atoms with E-state index in [9.17, 15) is 4.79 Å². The zero-order chi connectivity index (χ0) is 10.1. The lowest BCUT2D eigenvalue weighted by Crippen LogP contribution is -1.93. The molecule has 0 atom stereocenters. The van der Waals surface area contributed by atoms with Gasteiger partial charge in [0.1, 0.15) is 0 Å². The number of carboxylic acid groups (broad SMARTS) is 1. The van der Waals surface area contributed by atoms with Crippen LogP contribution in [0.4, 0.5) is 0 Å². The van der Waals surface area contributed by atoms with E-state index in [-0.39, 0.29) is 0 Å². The van der Waals surface area contributed by atoms with Gasteiger partial charge in [0.2, 0.25) is 0 Å². The predicted molar refractivity (Wildman–Crippen MR) is 61.4 cm³/mol. The van der Waals surface area contributed by atoms with Crippen LogP contribution in [0.3, 0.4) is 0 Å². The van der Waals surface area contributed by atoms with E-state index in [1.54, 1.807) is 5.38 Å². The first-order valence-corrected chi connectivity index (χ1v) is 6.02. The number of thiophene rings is 1. The number of carbonyl (C=O) groups is 1. The van der Waals surface area contributed by atoms with Crippen LogP contribution in [0.2, 0.25) is 0 Å². The lowest BCUT2D eigenvalue weighted by molar-refractivity contribution is 0.0699. The molecule has 0 saturated heterocycles. The average Bonchev–Trinajstić information content (AvgIpc) is 2.59. The molecule has 2 aromatic rings. The molecule has 2 rings (SSSR count). The number of benzene rings is 1. The second-order valence-electron chi connectivity index (χ2n) is 2.92. The summed E-state index contributed by atoms with van der Waals surface area (Å²) in [6.07, 6.45) is 0. The van der Waals surface area contributed by atoms with Gasteiger partial charge in [-0.15, -0.1) is 11.3 Å². The van der Waals surface area contributed by atoms with E-state index in [0.29, 0.717) is 5.56 Å². The molecule has 0 amide bonds. The van der Waals surface area contributed by atoms with Crippen molar-refractivity contribution in [1.82, 2.24) is 0 Å². The average molecular weight is 271 g/mol. The van der Waals surface area contributed by atoms with Gasteiger partial charge in [-0.25, -0.2) is 4.79 Å². The first-order chi connectivity index (χ1) is 6.72. The van der Waals surface area contributed by atoms with Crippen LogP contribution in [0.5, 0.6) is 0 Å². The largest absolute Gasteiger partial charge is 0.478 e. The Balaban J connectivity index is 2.65. The molecular weight excluding hydrogens is 264 g/mol. The maximum Gasteiger partial charge on any atom is 0.337 e. The van der Waals surface area contributed by atoms with E-state index in [4.69, 9.17) is 5.11 Å². The number of hydrogen-bond donors (Lipinski definition) is 1. The molecule has 0 bridgehead atoms. The molecular formula is C10H7BrO2S. The molecule has 0 saturated carbocycles. The molecule has 0 aliphatic carbocycles. The number of hydrogen-bond acceptors (Lipinski definition) is 2. The lowest BCUT2D eigenvalue weighted by Gasteiger charge is -1.96. The lowest BCUT2D eigenvalue weighted by atomic mass is 10.1. The van der Waals surface area contributed by atoms with Crippen LogP contribution in [0.25, 0.3) is 10.1 Å². The molecule has 0 fully saturated rings. The Morgan fingerprint density at radius 2 is 2.29 bits per heavy atom. The summed E-state index contributed by atoms with van der Waals surface area (Å²) in [5, 5.41) is 12.2.